The lowest BCUT2D eigenvalue weighted by Crippen LogP contribution is -2.27. The number of carbonyl (C=O) groups excluding carboxylic acids is 1. The number of aromatic nitrogens is 2. The standard InChI is InChI=1S/C16H18ClN5O2S/c1-2-7-25(19,24)16-20-14(18)11-8-13(23)22(15(11)21-16)9-10-5-3-4-6-12(10)17/h3-6,19H,2,7-9H2,1H3,(H2,18,20,21). The molecule has 1 unspecified atom stereocenters. The van der Waals surface area contributed by atoms with Crippen molar-refractivity contribution in [3.8, 4) is 0 Å². The van der Waals surface area contributed by atoms with E-state index in [1.165, 1.54) is 4.90 Å². The van der Waals surface area contributed by atoms with Crippen molar-refractivity contribution in [3.63, 3.8) is 0 Å². The monoisotopic (exact) mass is 379 g/mol. The van der Waals surface area contributed by atoms with Gasteiger partial charge in [0.25, 0.3) is 0 Å². The molecular formula is C16H18ClN5O2S. The van der Waals surface area contributed by atoms with Gasteiger partial charge in [-0.05, 0) is 18.1 Å². The summed E-state index contributed by atoms with van der Waals surface area (Å²) in [6.45, 7) is 2.06. The predicted molar refractivity (Wildman–Crippen MR) is 97.1 cm³/mol. The average Bonchev–Trinajstić information content (AvgIpc) is 2.86. The number of amides is 1. The van der Waals surface area contributed by atoms with Crippen LogP contribution in [0, 0.1) is 4.78 Å². The molecule has 25 heavy (non-hydrogen) atoms. The molecule has 1 aromatic heterocycles. The first-order valence-electron chi connectivity index (χ1n) is 7.80. The molecule has 2 heterocycles. The maximum atomic E-state index is 12.5. The van der Waals surface area contributed by atoms with E-state index < -0.39 is 9.73 Å². The van der Waals surface area contributed by atoms with Crippen LogP contribution in [0.5, 0.6) is 0 Å². The molecule has 0 saturated heterocycles. The first-order chi connectivity index (χ1) is 11.8. The molecule has 0 saturated carbocycles. The zero-order chi connectivity index (χ0) is 18.2. The van der Waals surface area contributed by atoms with E-state index in [4.69, 9.17) is 22.1 Å². The smallest absolute Gasteiger partial charge is 0.233 e. The molecule has 0 spiro atoms. The van der Waals surface area contributed by atoms with Crippen LogP contribution >= 0.6 is 11.6 Å². The lowest BCUT2D eigenvalue weighted by atomic mass is 10.2. The molecule has 1 aromatic carbocycles. The molecule has 9 heteroatoms. The highest BCUT2D eigenvalue weighted by atomic mass is 35.5. The Hall–Kier alpha value is -2.19. The number of rotatable bonds is 5. The van der Waals surface area contributed by atoms with Gasteiger partial charge in [0, 0.05) is 16.3 Å². The van der Waals surface area contributed by atoms with E-state index in [0.717, 1.165) is 5.56 Å². The first kappa shape index (κ1) is 17.6. The van der Waals surface area contributed by atoms with Crippen molar-refractivity contribution in [1.29, 1.82) is 4.78 Å². The summed E-state index contributed by atoms with van der Waals surface area (Å²) in [7, 11) is -3.14. The fraction of sp³-hybridized carbons (Fsp3) is 0.312. The van der Waals surface area contributed by atoms with Gasteiger partial charge in [-0.15, -0.1) is 0 Å². The highest BCUT2D eigenvalue weighted by Gasteiger charge is 2.33. The van der Waals surface area contributed by atoms with Crippen LogP contribution in [0.4, 0.5) is 11.6 Å². The van der Waals surface area contributed by atoms with Crippen LogP contribution in [0.1, 0.15) is 24.5 Å². The minimum Gasteiger partial charge on any atom is -0.383 e. The summed E-state index contributed by atoms with van der Waals surface area (Å²) in [6, 6.07) is 7.21. The number of nitrogens with one attached hydrogen (secondary N) is 1. The molecule has 0 aliphatic carbocycles. The van der Waals surface area contributed by atoms with Crippen molar-refractivity contribution in [3.05, 3.63) is 40.4 Å². The topological polar surface area (TPSA) is 113 Å². The maximum absolute atomic E-state index is 12.5. The van der Waals surface area contributed by atoms with Crippen LogP contribution in [0.2, 0.25) is 5.02 Å². The van der Waals surface area contributed by atoms with E-state index >= 15 is 0 Å². The predicted octanol–water partition coefficient (Wildman–Crippen LogP) is 2.62. The largest absolute Gasteiger partial charge is 0.383 e. The van der Waals surface area contributed by atoms with Crippen LogP contribution in [0.25, 0.3) is 0 Å². The Bertz CT molecular complexity index is 946. The number of anilines is 2. The Labute approximate surface area is 151 Å². The second-order valence-corrected chi connectivity index (χ2v) is 8.35. The Kier molecular flexibility index (Phi) is 4.66. The zero-order valence-electron chi connectivity index (χ0n) is 13.7. The molecule has 1 aliphatic rings. The van der Waals surface area contributed by atoms with Gasteiger partial charge in [0.2, 0.25) is 11.1 Å². The number of hydrogen-bond donors (Lipinski definition) is 2. The maximum Gasteiger partial charge on any atom is 0.233 e. The Morgan fingerprint density at radius 3 is 2.76 bits per heavy atom. The molecule has 1 aliphatic heterocycles. The molecule has 1 amide bonds. The highest BCUT2D eigenvalue weighted by molar-refractivity contribution is 7.92. The first-order valence-corrected chi connectivity index (χ1v) is 9.90. The van der Waals surface area contributed by atoms with Crippen molar-refractivity contribution in [1.82, 2.24) is 9.97 Å². The summed E-state index contributed by atoms with van der Waals surface area (Å²) in [5, 5.41) is 0.422. The fourth-order valence-electron chi connectivity index (χ4n) is 2.71. The van der Waals surface area contributed by atoms with Gasteiger partial charge in [-0.25, -0.2) is 19.0 Å². The number of carbonyl (C=O) groups is 1. The minimum absolute atomic E-state index is 0.0822. The van der Waals surface area contributed by atoms with Crippen LogP contribution in [0.3, 0.4) is 0 Å². The third-order valence-corrected chi connectivity index (χ3v) is 6.08. The lowest BCUT2D eigenvalue weighted by Gasteiger charge is -2.18. The molecule has 0 radical (unpaired) electrons. The number of benzene rings is 1. The summed E-state index contributed by atoms with van der Waals surface area (Å²) in [4.78, 5) is 22.2. The molecule has 0 fully saturated rings. The molecule has 2 aromatic rings. The van der Waals surface area contributed by atoms with Crippen molar-refractivity contribution in [2.75, 3.05) is 16.4 Å². The Balaban J connectivity index is 2.05. The van der Waals surface area contributed by atoms with E-state index in [0.29, 0.717) is 22.8 Å². The van der Waals surface area contributed by atoms with Crippen LogP contribution in [-0.2, 0) is 27.5 Å². The van der Waals surface area contributed by atoms with Gasteiger partial charge < -0.3 is 5.73 Å². The van der Waals surface area contributed by atoms with Gasteiger partial charge in [-0.2, -0.15) is 0 Å². The second-order valence-electron chi connectivity index (χ2n) is 5.82. The van der Waals surface area contributed by atoms with Gasteiger partial charge >= 0.3 is 0 Å². The summed E-state index contributed by atoms with van der Waals surface area (Å²) in [6.07, 6.45) is 0.643. The van der Waals surface area contributed by atoms with Gasteiger partial charge in [0.05, 0.1) is 13.0 Å². The van der Waals surface area contributed by atoms with Crippen molar-refractivity contribution < 1.29 is 9.00 Å². The van der Waals surface area contributed by atoms with Crippen LogP contribution in [0.15, 0.2) is 29.4 Å². The fourth-order valence-corrected chi connectivity index (χ4v) is 4.14. The number of nitrogens with two attached hydrogens (primary N) is 1. The van der Waals surface area contributed by atoms with E-state index in [9.17, 15) is 9.00 Å². The lowest BCUT2D eigenvalue weighted by molar-refractivity contribution is -0.117. The molecule has 1 atom stereocenters. The van der Waals surface area contributed by atoms with Gasteiger partial charge in [0.15, 0.2) is 0 Å². The zero-order valence-corrected chi connectivity index (χ0v) is 15.2. The summed E-state index contributed by atoms with van der Waals surface area (Å²) in [5.74, 6) is 0.388. The van der Waals surface area contributed by atoms with E-state index in [2.05, 4.69) is 9.97 Å². The Morgan fingerprint density at radius 2 is 2.08 bits per heavy atom. The SMILES string of the molecule is CCCS(=N)(=O)c1nc(N)c2c(n1)N(Cc1ccccc1Cl)C(=O)C2. The Morgan fingerprint density at radius 1 is 1.36 bits per heavy atom. The van der Waals surface area contributed by atoms with Crippen LogP contribution in [-0.4, -0.2) is 25.8 Å². The highest BCUT2D eigenvalue weighted by Crippen LogP contribution is 2.33. The molecular weight excluding hydrogens is 362 g/mol. The van der Waals surface area contributed by atoms with Crippen molar-refractivity contribution in [2.24, 2.45) is 0 Å². The molecule has 132 valence electrons. The molecule has 7 nitrogen and oxygen atoms in total. The van der Waals surface area contributed by atoms with E-state index in [1.807, 2.05) is 25.1 Å². The third kappa shape index (κ3) is 3.32. The average molecular weight is 380 g/mol. The summed E-state index contributed by atoms with van der Waals surface area (Å²) < 4.78 is 20.5. The quantitative estimate of drug-likeness (QED) is 0.775. The molecule has 0 bridgehead atoms. The summed E-state index contributed by atoms with van der Waals surface area (Å²) in [5.41, 5.74) is 7.22. The van der Waals surface area contributed by atoms with Gasteiger partial charge in [0.1, 0.15) is 21.4 Å². The number of halogens is 1. The van der Waals surface area contributed by atoms with Crippen molar-refractivity contribution in [2.45, 2.75) is 31.5 Å². The van der Waals surface area contributed by atoms with Crippen LogP contribution < -0.4 is 10.6 Å². The third-order valence-electron chi connectivity index (χ3n) is 3.95. The number of nitrogen functional groups attached to an aromatic ring is 1. The summed E-state index contributed by atoms with van der Waals surface area (Å²) >= 11 is 6.18. The molecule has 3 rings (SSSR count). The number of nitrogens with zero attached hydrogens (tertiary/aromatic N) is 3. The van der Waals surface area contributed by atoms with E-state index in [1.54, 1.807) is 6.07 Å². The van der Waals surface area contributed by atoms with Crippen molar-refractivity contribution >= 4 is 38.9 Å². The van der Waals surface area contributed by atoms with Gasteiger partial charge in [-0.3, -0.25) is 9.69 Å². The number of hydrogen-bond acceptors (Lipinski definition) is 6. The van der Waals surface area contributed by atoms with E-state index in [-0.39, 0.29) is 35.6 Å². The normalized spacial score (nSPS) is 15.9. The minimum atomic E-state index is -3.14. The molecule has 3 N–H and O–H groups in total. The van der Waals surface area contributed by atoms with Gasteiger partial charge in [-0.1, -0.05) is 36.7 Å². The number of fused-ring (bicyclic) bond motifs is 1. The second kappa shape index (κ2) is 6.61.